The number of alkyl halides is 3. The van der Waals surface area contributed by atoms with Gasteiger partial charge in [-0.05, 0) is 18.2 Å². The fourth-order valence-electron chi connectivity index (χ4n) is 1.01. The van der Waals surface area contributed by atoms with Crippen LogP contribution in [0.2, 0.25) is 0 Å². The van der Waals surface area contributed by atoms with E-state index in [1.165, 1.54) is 0 Å². The van der Waals surface area contributed by atoms with E-state index in [-0.39, 0.29) is 5.56 Å². The molecular weight excluding hydrogens is 211 g/mol. The highest BCUT2D eigenvalue weighted by Gasteiger charge is 2.33. The molecule has 3 N–H and O–H groups in total. The van der Waals surface area contributed by atoms with Crippen molar-refractivity contribution < 1.29 is 23.1 Å². The molecule has 15 heavy (non-hydrogen) atoms. The van der Waals surface area contributed by atoms with Crippen molar-refractivity contribution in [3.63, 3.8) is 0 Å². The van der Waals surface area contributed by atoms with Gasteiger partial charge in [-0.3, -0.25) is 0 Å². The number of rotatable bonds is 1. The normalized spacial score (nSPS) is 10.9. The van der Waals surface area contributed by atoms with Gasteiger partial charge in [-0.1, -0.05) is 0 Å². The summed E-state index contributed by atoms with van der Waals surface area (Å²) in [6.07, 6.45) is -4.62. The summed E-state index contributed by atoms with van der Waals surface area (Å²) in [6.45, 7) is 0. The van der Waals surface area contributed by atoms with Gasteiger partial charge < -0.3 is 10.8 Å². The maximum absolute atomic E-state index is 12.3. The van der Waals surface area contributed by atoms with E-state index in [0.717, 1.165) is 18.1 Å². The quantitative estimate of drug-likeness (QED) is 0.429. The van der Waals surface area contributed by atoms with Crippen LogP contribution in [-0.4, -0.2) is 11.0 Å². The Hall–Kier alpha value is -1.94. The summed E-state index contributed by atoms with van der Waals surface area (Å²) in [5, 5.41) is 8.90. The minimum absolute atomic E-state index is 0.272. The molecule has 0 fully saturated rings. The van der Waals surface area contributed by atoms with Crippen molar-refractivity contribution in [1.29, 1.82) is 0 Å². The van der Waals surface area contributed by atoms with Gasteiger partial charge in [0, 0.05) is 11.3 Å². The van der Waals surface area contributed by atoms with E-state index >= 15 is 0 Å². The molecular formula is C9H6F3NO2. The summed E-state index contributed by atoms with van der Waals surface area (Å²) in [7, 11) is 0. The third-order valence-electron chi connectivity index (χ3n) is 1.73. The van der Waals surface area contributed by atoms with Gasteiger partial charge in [0.25, 0.3) is 0 Å². The van der Waals surface area contributed by atoms with Crippen LogP contribution in [0.5, 0.6) is 0 Å². The second-order valence-corrected chi connectivity index (χ2v) is 2.75. The van der Waals surface area contributed by atoms with Crippen LogP contribution in [0, 0.1) is 0 Å². The Balaban J connectivity index is 3.36. The fourth-order valence-corrected chi connectivity index (χ4v) is 1.01. The van der Waals surface area contributed by atoms with Crippen molar-refractivity contribution >= 4 is 17.4 Å². The number of benzene rings is 1. The molecule has 0 aliphatic rings. The van der Waals surface area contributed by atoms with Crippen molar-refractivity contribution in [2.75, 3.05) is 5.73 Å². The van der Waals surface area contributed by atoms with Gasteiger partial charge in [-0.25, -0.2) is 4.79 Å². The molecule has 0 aromatic heterocycles. The number of aliphatic hydroxyl groups excluding tert-OH is 1. The van der Waals surface area contributed by atoms with Gasteiger partial charge in [0.1, 0.15) is 0 Å². The monoisotopic (exact) mass is 217 g/mol. The summed E-state index contributed by atoms with van der Waals surface area (Å²) < 4.78 is 37.0. The van der Waals surface area contributed by atoms with Gasteiger partial charge in [0.05, 0.1) is 5.56 Å². The lowest BCUT2D eigenvalue weighted by Gasteiger charge is -2.10. The summed E-state index contributed by atoms with van der Waals surface area (Å²) in [5.41, 5.74) is 3.27. The lowest BCUT2D eigenvalue weighted by molar-refractivity contribution is -0.136. The molecule has 0 heterocycles. The van der Waals surface area contributed by atoms with Gasteiger partial charge in [-0.2, -0.15) is 13.2 Å². The molecule has 0 atom stereocenters. The molecule has 0 unspecified atom stereocenters. The predicted octanol–water partition coefficient (Wildman–Crippen LogP) is 2.02. The maximum atomic E-state index is 12.3. The Morgan fingerprint density at radius 2 is 2.00 bits per heavy atom. The average molecular weight is 217 g/mol. The summed E-state index contributed by atoms with van der Waals surface area (Å²) >= 11 is 0. The lowest BCUT2D eigenvalue weighted by Crippen LogP contribution is -2.09. The predicted molar refractivity (Wildman–Crippen MR) is 47.6 cm³/mol. The zero-order chi connectivity index (χ0) is 11.6. The van der Waals surface area contributed by atoms with Crippen LogP contribution in [-0.2, 0) is 11.0 Å². The fraction of sp³-hybridized carbons (Fsp3) is 0.111. The molecule has 0 saturated heterocycles. The van der Waals surface area contributed by atoms with Crippen LogP contribution in [0.3, 0.4) is 0 Å². The average Bonchev–Trinajstić information content (AvgIpc) is 2.15. The van der Waals surface area contributed by atoms with Gasteiger partial charge >= 0.3 is 6.18 Å². The first-order valence-electron chi connectivity index (χ1n) is 3.77. The van der Waals surface area contributed by atoms with Crippen LogP contribution < -0.4 is 5.73 Å². The topological polar surface area (TPSA) is 63.3 Å². The van der Waals surface area contributed by atoms with Gasteiger partial charge in [0.2, 0.25) is 5.76 Å². The van der Waals surface area contributed by atoms with Crippen LogP contribution in [0.25, 0.3) is 5.76 Å². The molecule has 0 saturated carbocycles. The Labute approximate surface area is 82.6 Å². The molecule has 0 amide bonds. The Bertz CT molecular complexity index is 433. The van der Waals surface area contributed by atoms with E-state index < -0.39 is 23.2 Å². The number of halogens is 3. The smallest absolute Gasteiger partial charge is 0.418 e. The number of hydrogen-bond donors (Lipinski definition) is 2. The molecule has 1 rings (SSSR count). The SMILES string of the molecule is Nc1ccc(C(O)=C=O)cc1C(F)(F)F. The molecule has 1 aromatic carbocycles. The number of nitrogens with two attached hydrogens (primary N) is 1. The minimum Gasteiger partial charge on any atom is -0.499 e. The number of nitrogen functional groups attached to an aromatic ring is 1. The molecule has 80 valence electrons. The third-order valence-corrected chi connectivity index (χ3v) is 1.73. The molecule has 0 radical (unpaired) electrons. The standard InChI is InChI=1S/C9H6F3NO2/c10-9(11,12)6-3-5(8(15)4-14)1-2-7(6)13/h1-3,15H,13H2. The highest BCUT2D eigenvalue weighted by atomic mass is 19.4. The molecule has 0 aliphatic carbocycles. The summed E-state index contributed by atoms with van der Waals surface area (Å²) in [4.78, 5) is 10.0. The molecule has 0 bridgehead atoms. The van der Waals surface area contributed by atoms with E-state index in [1.807, 2.05) is 0 Å². The van der Waals surface area contributed by atoms with E-state index in [0.29, 0.717) is 6.07 Å². The van der Waals surface area contributed by atoms with Crippen LogP contribution >= 0.6 is 0 Å². The Morgan fingerprint density at radius 3 is 2.47 bits per heavy atom. The Kier molecular flexibility index (Phi) is 2.72. The zero-order valence-corrected chi connectivity index (χ0v) is 7.30. The first-order chi connectivity index (χ1) is 6.86. The number of carbonyl (C=O) groups excluding carboxylic acids is 1. The Morgan fingerprint density at radius 1 is 1.40 bits per heavy atom. The van der Waals surface area contributed by atoms with Crippen molar-refractivity contribution in [2.45, 2.75) is 6.18 Å². The van der Waals surface area contributed by atoms with Crippen LogP contribution in [0.15, 0.2) is 18.2 Å². The van der Waals surface area contributed by atoms with E-state index in [2.05, 4.69) is 0 Å². The molecule has 0 spiro atoms. The van der Waals surface area contributed by atoms with Crippen LogP contribution in [0.1, 0.15) is 11.1 Å². The third kappa shape index (κ3) is 2.30. The van der Waals surface area contributed by atoms with Crippen molar-refractivity contribution in [3.8, 4) is 0 Å². The second-order valence-electron chi connectivity index (χ2n) is 2.75. The maximum Gasteiger partial charge on any atom is 0.418 e. The van der Waals surface area contributed by atoms with Crippen molar-refractivity contribution in [2.24, 2.45) is 0 Å². The highest BCUT2D eigenvalue weighted by Crippen LogP contribution is 2.34. The first-order valence-corrected chi connectivity index (χ1v) is 3.77. The largest absolute Gasteiger partial charge is 0.499 e. The number of aliphatic hydroxyl groups is 1. The second kappa shape index (κ2) is 3.67. The number of hydrogen-bond acceptors (Lipinski definition) is 3. The molecule has 3 nitrogen and oxygen atoms in total. The van der Waals surface area contributed by atoms with Gasteiger partial charge in [0.15, 0.2) is 5.94 Å². The number of anilines is 1. The first kappa shape index (κ1) is 11.1. The van der Waals surface area contributed by atoms with E-state index in [1.54, 1.807) is 0 Å². The molecule has 0 aliphatic heterocycles. The van der Waals surface area contributed by atoms with E-state index in [4.69, 9.17) is 10.8 Å². The molecule has 6 heteroatoms. The van der Waals surface area contributed by atoms with Crippen molar-refractivity contribution in [3.05, 3.63) is 29.3 Å². The van der Waals surface area contributed by atoms with Gasteiger partial charge in [-0.15, -0.1) is 0 Å². The summed E-state index contributed by atoms with van der Waals surface area (Å²) in [5.74, 6) is 0.205. The summed E-state index contributed by atoms with van der Waals surface area (Å²) in [6, 6.07) is 2.66. The zero-order valence-electron chi connectivity index (χ0n) is 7.30. The lowest BCUT2D eigenvalue weighted by atomic mass is 10.1. The molecule has 1 aromatic rings. The minimum atomic E-state index is -4.62. The van der Waals surface area contributed by atoms with Crippen LogP contribution in [0.4, 0.5) is 18.9 Å². The van der Waals surface area contributed by atoms with E-state index in [9.17, 15) is 18.0 Å². The van der Waals surface area contributed by atoms with Crippen molar-refractivity contribution in [1.82, 2.24) is 0 Å². The highest BCUT2D eigenvalue weighted by molar-refractivity contribution is 5.82.